The molecular weight excluding hydrogens is 264 g/mol. The Kier molecular flexibility index (Phi) is 3.85. The summed E-state index contributed by atoms with van der Waals surface area (Å²) >= 11 is 0. The van der Waals surface area contributed by atoms with Crippen LogP contribution in [0, 0.1) is 12.8 Å². The third-order valence-corrected chi connectivity index (χ3v) is 5.79. The third-order valence-electron chi connectivity index (χ3n) is 3.71. The van der Waals surface area contributed by atoms with E-state index in [9.17, 15) is 13.5 Å². The molecule has 0 spiro atoms. The molecule has 106 valence electrons. The molecule has 0 radical (unpaired) electrons. The molecule has 2 unspecified atom stereocenters. The van der Waals surface area contributed by atoms with Gasteiger partial charge < -0.3 is 10.8 Å². The van der Waals surface area contributed by atoms with Crippen LogP contribution in [0.5, 0.6) is 0 Å². The lowest BCUT2D eigenvalue weighted by molar-refractivity contribution is 0.133. The number of nitrogens with zero attached hydrogens (tertiary/aromatic N) is 1. The molecule has 1 saturated heterocycles. The van der Waals surface area contributed by atoms with Crippen molar-refractivity contribution < 1.29 is 13.5 Å². The summed E-state index contributed by atoms with van der Waals surface area (Å²) in [5.41, 5.74) is 6.75. The zero-order chi connectivity index (χ0) is 14.2. The lowest BCUT2D eigenvalue weighted by atomic mass is 10.0. The molecule has 5 nitrogen and oxygen atoms in total. The van der Waals surface area contributed by atoms with Crippen molar-refractivity contribution in [1.29, 1.82) is 0 Å². The predicted molar refractivity (Wildman–Crippen MR) is 74.1 cm³/mol. The monoisotopic (exact) mass is 284 g/mol. The normalized spacial score (nSPS) is 22.6. The van der Waals surface area contributed by atoms with Crippen LogP contribution in [0.1, 0.15) is 18.9 Å². The maximum Gasteiger partial charge on any atom is 0.245 e. The number of sulfonamides is 1. The zero-order valence-corrected chi connectivity index (χ0v) is 12.0. The summed E-state index contributed by atoms with van der Waals surface area (Å²) in [7, 11) is -3.57. The van der Waals surface area contributed by atoms with Gasteiger partial charge in [0.1, 0.15) is 4.90 Å². The van der Waals surface area contributed by atoms with Gasteiger partial charge in [0.15, 0.2) is 0 Å². The van der Waals surface area contributed by atoms with Crippen molar-refractivity contribution in [2.45, 2.75) is 31.3 Å². The number of nitrogen functional groups attached to an aromatic ring is 1. The average Bonchev–Trinajstić information content (AvgIpc) is 2.78. The van der Waals surface area contributed by atoms with E-state index in [1.54, 1.807) is 32.0 Å². The number of rotatable bonds is 3. The Morgan fingerprint density at radius 1 is 1.47 bits per heavy atom. The Morgan fingerprint density at radius 2 is 2.16 bits per heavy atom. The SMILES string of the molecule is Cc1cccc(N)c1S(=O)(=O)N1CCC(C(C)O)C1. The molecule has 19 heavy (non-hydrogen) atoms. The molecule has 1 aromatic rings. The van der Waals surface area contributed by atoms with E-state index in [0.29, 0.717) is 25.1 Å². The highest BCUT2D eigenvalue weighted by Crippen LogP contribution is 2.30. The first kappa shape index (κ1) is 14.3. The van der Waals surface area contributed by atoms with E-state index in [-0.39, 0.29) is 16.5 Å². The summed E-state index contributed by atoms with van der Waals surface area (Å²) in [6.07, 6.45) is 0.192. The molecule has 0 amide bonds. The van der Waals surface area contributed by atoms with Gasteiger partial charge in [-0.2, -0.15) is 4.31 Å². The van der Waals surface area contributed by atoms with E-state index in [2.05, 4.69) is 0 Å². The molecular formula is C13H20N2O3S. The highest BCUT2D eigenvalue weighted by Gasteiger charge is 2.35. The second-order valence-corrected chi connectivity index (χ2v) is 7.02. The molecule has 1 aliphatic rings. The van der Waals surface area contributed by atoms with Gasteiger partial charge in [0.05, 0.1) is 11.8 Å². The largest absolute Gasteiger partial charge is 0.398 e. The van der Waals surface area contributed by atoms with E-state index < -0.39 is 16.1 Å². The first-order valence-corrected chi connectivity index (χ1v) is 7.81. The van der Waals surface area contributed by atoms with Crippen LogP contribution in [0.3, 0.4) is 0 Å². The molecule has 0 aromatic heterocycles. The van der Waals surface area contributed by atoms with Crippen molar-refractivity contribution in [3.8, 4) is 0 Å². The second-order valence-electron chi connectivity index (χ2n) is 5.15. The topological polar surface area (TPSA) is 83.6 Å². The fraction of sp³-hybridized carbons (Fsp3) is 0.538. The van der Waals surface area contributed by atoms with Crippen molar-refractivity contribution in [2.24, 2.45) is 5.92 Å². The van der Waals surface area contributed by atoms with Gasteiger partial charge in [0.2, 0.25) is 10.0 Å². The number of hydrogen-bond acceptors (Lipinski definition) is 4. The molecule has 0 aliphatic carbocycles. The lowest BCUT2D eigenvalue weighted by Crippen LogP contribution is -2.31. The molecule has 1 fully saturated rings. The third kappa shape index (κ3) is 2.61. The lowest BCUT2D eigenvalue weighted by Gasteiger charge is -2.20. The van der Waals surface area contributed by atoms with Crippen molar-refractivity contribution in [1.82, 2.24) is 4.31 Å². The Balaban J connectivity index is 2.34. The Morgan fingerprint density at radius 3 is 2.68 bits per heavy atom. The maximum atomic E-state index is 12.6. The summed E-state index contributed by atoms with van der Waals surface area (Å²) in [5, 5.41) is 9.57. The van der Waals surface area contributed by atoms with Crippen LogP contribution in [0.4, 0.5) is 5.69 Å². The van der Waals surface area contributed by atoms with Crippen molar-refractivity contribution in [3.63, 3.8) is 0 Å². The zero-order valence-electron chi connectivity index (χ0n) is 11.2. The van der Waals surface area contributed by atoms with Crippen LogP contribution in [-0.2, 0) is 10.0 Å². The van der Waals surface area contributed by atoms with Gasteiger partial charge in [-0.3, -0.25) is 0 Å². The molecule has 2 rings (SSSR count). The highest BCUT2D eigenvalue weighted by atomic mass is 32.2. The number of nitrogens with two attached hydrogens (primary N) is 1. The molecule has 1 heterocycles. The predicted octanol–water partition coefficient (Wildman–Crippen LogP) is 0.969. The van der Waals surface area contributed by atoms with Gasteiger partial charge in [-0.1, -0.05) is 12.1 Å². The molecule has 3 N–H and O–H groups in total. The second kappa shape index (κ2) is 5.11. The van der Waals surface area contributed by atoms with Gasteiger partial charge in [0, 0.05) is 13.1 Å². The Bertz CT molecular complexity index is 549. The summed E-state index contributed by atoms with van der Waals surface area (Å²) in [4.78, 5) is 0.196. The smallest absolute Gasteiger partial charge is 0.245 e. The molecule has 2 atom stereocenters. The Hall–Kier alpha value is -1.11. The standard InChI is InChI=1S/C13H20N2O3S/c1-9-4-3-5-12(14)13(9)19(17,18)15-7-6-11(8-15)10(2)16/h3-5,10-11,16H,6-8,14H2,1-2H3. The van der Waals surface area contributed by atoms with E-state index in [0.717, 1.165) is 0 Å². The first-order valence-electron chi connectivity index (χ1n) is 6.37. The number of aliphatic hydroxyl groups excluding tert-OH is 1. The minimum absolute atomic E-state index is 0.0000165. The number of aryl methyl sites for hydroxylation is 1. The fourth-order valence-corrected chi connectivity index (χ4v) is 4.36. The van der Waals surface area contributed by atoms with Crippen LogP contribution in [0.25, 0.3) is 0 Å². The molecule has 6 heteroatoms. The van der Waals surface area contributed by atoms with Gasteiger partial charge in [-0.15, -0.1) is 0 Å². The minimum Gasteiger partial charge on any atom is -0.398 e. The van der Waals surface area contributed by atoms with Crippen LogP contribution in [0.2, 0.25) is 0 Å². The van der Waals surface area contributed by atoms with Crippen LogP contribution >= 0.6 is 0 Å². The molecule has 1 aromatic carbocycles. The molecule has 1 aliphatic heterocycles. The van der Waals surface area contributed by atoms with Gasteiger partial charge >= 0.3 is 0 Å². The maximum absolute atomic E-state index is 12.6. The Labute approximate surface area is 114 Å². The summed E-state index contributed by atoms with van der Waals surface area (Å²) < 4.78 is 26.6. The van der Waals surface area contributed by atoms with Gasteiger partial charge in [-0.05, 0) is 37.8 Å². The molecule has 0 bridgehead atoms. The number of benzene rings is 1. The average molecular weight is 284 g/mol. The summed E-state index contributed by atoms with van der Waals surface area (Å²) in [6, 6.07) is 5.08. The van der Waals surface area contributed by atoms with Crippen LogP contribution in [0.15, 0.2) is 23.1 Å². The first-order chi connectivity index (χ1) is 8.84. The van der Waals surface area contributed by atoms with E-state index >= 15 is 0 Å². The van der Waals surface area contributed by atoms with Crippen molar-refractivity contribution in [2.75, 3.05) is 18.8 Å². The summed E-state index contributed by atoms with van der Waals surface area (Å²) in [5.74, 6) is 0.0000165. The van der Waals surface area contributed by atoms with Crippen molar-refractivity contribution >= 4 is 15.7 Å². The number of aliphatic hydroxyl groups is 1. The van der Waals surface area contributed by atoms with E-state index in [1.807, 2.05) is 0 Å². The summed E-state index contributed by atoms with van der Waals surface area (Å²) in [6.45, 7) is 4.23. The van der Waals surface area contributed by atoms with Crippen LogP contribution < -0.4 is 5.73 Å². The number of hydrogen-bond donors (Lipinski definition) is 2. The van der Waals surface area contributed by atoms with E-state index in [1.165, 1.54) is 4.31 Å². The molecule has 0 saturated carbocycles. The van der Waals surface area contributed by atoms with Gasteiger partial charge in [-0.25, -0.2) is 8.42 Å². The van der Waals surface area contributed by atoms with Gasteiger partial charge in [0.25, 0.3) is 0 Å². The van der Waals surface area contributed by atoms with Crippen LogP contribution in [-0.4, -0.2) is 37.0 Å². The quantitative estimate of drug-likeness (QED) is 0.810. The van der Waals surface area contributed by atoms with Crippen molar-refractivity contribution in [3.05, 3.63) is 23.8 Å². The minimum atomic E-state index is -3.57. The fourth-order valence-electron chi connectivity index (χ4n) is 2.52. The number of anilines is 1. The highest BCUT2D eigenvalue weighted by molar-refractivity contribution is 7.89. The van der Waals surface area contributed by atoms with E-state index in [4.69, 9.17) is 5.73 Å².